The zero-order valence-electron chi connectivity index (χ0n) is 9.85. The number of esters is 1. The highest BCUT2D eigenvalue weighted by Gasteiger charge is 2.35. The molecule has 2 aromatic rings. The van der Waals surface area contributed by atoms with Gasteiger partial charge in [-0.25, -0.2) is 9.18 Å². The normalized spacial score (nSPS) is 21.7. The van der Waals surface area contributed by atoms with Crippen molar-refractivity contribution in [1.29, 1.82) is 0 Å². The molecule has 0 spiro atoms. The number of rotatable bonds is 1. The summed E-state index contributed by atoms with van der Waals surface area (Å²) in [4.78, 5) is 11.8. The van der Waals surface area contributed by atoms with Crippen molar-refractivity contribution in [3.63, 3.8) is 0 Å². The Morgan fingerprint density at radius 2 is 1.84 bits per heavy atom. The Balaban J connectivity index is 2.05. The van der Waals surface area contributed by atoms with Crippen molar-refractivity contribution in [3.8, 4) is 0 Å². The predicted molar refractivity (Wildman–Crippen MR) is 72.7 cm³/mol. The Kier molecular flexibility index (Phi) is 3.11. The van der Waals surface area contributed by atoms with Gasteiger partial charge in [0.25, 0.3) is 0 Å². The number of ether oxygens (including phenoxy) is 1. The molecule has 1 heterocycles. The van der Waals surface area contributed by atoms with E-state index in [1.807, 2.05) is 30.3 Å². The molecule has 96 valence electrons. The van der Waals surface area contributed by atoms with Crippen molar-refractivity contribution in [2.24, 2.45) is 0 Å². The van der Waals surface area contributed by atoms with E-state index in [1.165, 1.54) is 12.1 Å². The fourth-order valence-electron chi connectivity index (χ4n) is 2.23. The third kappa shape index (κ3) is 2.16. The summed E-state index contributed by atoms with van der Waals surface area (Å²) in [5.41, 5.74) is 1.95. The fourth-order valence-corrected chi connectivity index (χ4v) is 3.04. The van der Waals surface area contributed by atoms with Crippen LogP contribution < -0.4 is 0 Å². The second kappa shape index (κ2) is 4.78. The van der Waals surface area contributed by atoms with E-state index >= 15 is 0 Å². The molecule has 2 aromatic carbocycles. The number of fused-ring (bicyclic) bond motifs is 1. The van der Waals surface area contributed by atoms with E-state index in [2.05, 4.69) is 15.9 Å². The first kappa shape index (κ1) is 12.4. The lowest BCUT2D eigenvalue weighted by molar-refractivity contribution is 0.0248. The molecule has 0 saturated carbocycles. The van der Waals surface area contributed by atoms with Crippen LogP contribution in [0.5, 0.6) is 0 Å². The molecule has 2 nitrogen and oxygen atoms in total. The van der Waals surface area contributed by atoms with Gasteiger partial charge in [-0.05, 0) is 23.3 Å². The van der Waals surface area contributed by atoms with E-state index in [9.17, 15) is 9.18 Å². The minimum absolute atomic E-state index is 0.178. The minimum Gasteiger partial charge on any atom is -0.452 e. The lowest BCUT2D eigenvalue weighted by Crippen LogP contribution is -2.23. The van der Waals surface area contributed by atoms with Crippen molar-refractivity contribution in [2.45, 2.75) is 10.9 Å². The molecule has 2 atom stereocenters. The second-order valence-electron chi connectivity index (χ2n) is 4.37. The van der Waals surface area contributed by atoms with Gasteiger partial charge < -0.3 is 4.74 Å². The number of halogens is 2. The number of carbonyl (C=O) groups is 1. The highest BCUT2D eigenvalue weighted by atomic mass is 79.9. The lowest BCUT2D eigenvalue weighted by atomic mass is 9.94. The third-order valence-corrected chi connectivity index (χ3v) is 4.13. The van der Waals surface area contributed by atoms with Crippen LogP contribution >= 0.6 is 15.9 Å². The zero-order valence-corrected chi connectivity index (χ0v) is 11.4. The maximum absolute atomic E-state index is 13.2. The van der Waals surface area contributed by atoms with Crippen molar-refractivity contribution in [1.82, 2.24) is 0 Å². The topological polar surface area (TPSA) is 26.3 Å². The first-order chi connectivity index (χ1) is 9.16. The lowest BCUT2D eigenvalue weighted by Gasteiger charge is -2.29. The summed E-state index contributed by atoms with van der Waals surface area (Å²) >= 11 is 3.54. The van der Waals surface area contributed by atoms with E-state index in [1.54, 1.807) is 6.07 Å². The number of carbonyl (C=O) groups excluding carboxylic acids is 1. The summed E-state index contributed by atoms with van der Waals surface area (Å²) in [7, 11) is 0. The van der Waals surface area contributed by atoms with Gasteiger partial charge in [-0.3, -0.25) is 0 Å². The molecule has 1 aliphatic rings. The van der Waals surface area contributed by atoms with Gasteiger partial charge in [-0.15, -0.1) is 0 Å². The largest absolute Gasteiger partial charge is 0.452 e. The van der Waals surface area contributed by atoms with Crippen molar-refractivity contribution in [3.05, 3.63) is 71.0 Å². The van der Waals surface area contributed by atoms with Gasteiger partial charge in [-0.1, -0.05) is 52.3 Å². The fraction of sp³-hybridized carbons (Fsp3) is 0.133. The van der Waals surface area contributed by atoms with Crippen LogP contribution in [0.15, 0.2) is 48.5 Å². The van der Waals surface area contributed by atoms with E-state index in [-0.39, 0.29) is 10.4 Å². The van der Waals surface area contributed by atoms with Crippen molar-refractivity contribution >= 4 is 21.9 Å². The first-order valence-electron chi connectivity index (χ1n) is 5.86. The zero-order chi connectivity index (χ0) is 13.4. The van der Waals surface area contributed by atoms with Gasteiger partial charge in [-0.2, -0.15) is 0 Å². The number of cyclic esters (lactones) is 1. The first-order valence-corrected chi connectivity index (χ1v) is 6.78. The molecule has 4 heteroatoms. The summed E-state index contributed by atoms with van der Waals surface area (Å²) in [5, 5.41) is 0. The molecule has 0 aromatic heterocycles. The van der Waals surface area contributed by atoms with E-state index in [0.717, 1.165) is 11.1 Å². The molecule has 0 amide bonds. The second-order valence-corrected chi connectivity index (χ2v) is 5.36. The van der Waals surface area contributed by atoms with Crippen molar-refractivity contribution < 1.29 is 13.9 Å². The maximum Gasteiger partial charge on any atom is 0.339 e. The Hall–Kier alpha value is -1.68. The summed E-state index contributed by atoms with van der Waals surface area (Å²) < 4.78 is 18.6. The molecule has 0 bridgehead atoms. The highest BCUT2D eigenvalue weighted by molar-refractivity contribution is 9.09. The van der Waals surface area contributed by atoms with E-state index in [4.69, 9.17) is 4.74 Å². The highest BCUT2D eigenvalue weighted by Crippen LogP contribution is 2.44. The SMILES string of the molecule is O=C1OC(c2ccccc2)C(Br)c2ccc(F)cc21. The van der Waals surface area contributed by atoms with Gasteiger partial charge >= 0.3 is 5.97 Å². The number of hydrogen-bond donors (Lipinski definition) is 0. The maximum atomic E-state index is 13.2. The van der Waals surface area contributed by atoms with Gasteiger partial charge in [0.1, 0.15) is 11.9 Å². The average molecular weight is 321 g/mol. The van der Waals surface area contributed by atoms with Crippen LogP contribution in [0, 0.1) is 5.82 Å². The smallest absolute Gasteiger partial charge is 0.339 e. The minimum atomic E-state index is -0.487. The monoisotopic (exact) mass is 320 g/mol. The molecular formula is C15H10BrFO2. The Morgan fingerprint density at radius 1 is 1.11 bits per heavy atom. The van der Waals surface area contributed by atoms with Crippen LogP contribution in [0.25, 0.3) is 0 Å². The molecule has 0 saturated heterocycles. The number of hydrogen-bond acceptors (Lipinski definition) is 2. The molecule has 0 aliphatic carbocycles. The predicted octanol–water partition coefficient (Wildman–Crippen LogP) is 4.17. The summed E-state index contributed by atoms with van der Waals surface area (Å²) in [6, 6.07) is 13.7. The van der Waals surface area contributed by atoms with Gasteiger partial charge in [0.05, 0.1) is 10.4 Å². The number of benzene rings is 2. The molecule has 0 N–H and O–H groups in total. The Morgan fingerprint density at radius 3 is 2.58 bits per heavy atom. The van der Waals surface area contributed by atoms with Crippen LogP contribution in [-0.4, -0.2) is 5.97 Å². The number of alkyl halides is 1. The third-order valence-electron chi connectivity index (χ3n) is 3.16. The molecule has 0 radical (unpaired) electrons. The Bertz CT molecular complexity index is 627. The van der Waals surface area contributed by atoms with Crippen LogP contribution in [0.3, 0.4) is 0 Å². The van der Waals surface area contributed by atoms with E-state index in [0.29, 0.717) is 0 Å². The molecule has 3 rings (SSSR count). The van der Waals surface area contributed by atoms with Crippen LogP contribution in [-0.2, 0) is 4.74 Å². The average Bonchev–Trinajstić information content (AvgIpc) is 2.43. The van der Waals surface area contributed by atoms with Gasteiger partial charge in [0.2, 0.25) is 0 Å². The van der Waals surface area contributed by atoms with Crippen LogP contribution in [0.2, 0.25) is 0 Å². The molecule has 19 heavy (non-hydrogen) atoms. The summed E-state index contributed by atoms with van der Waals surface area (Å²) in [5.74, 6) is -0.924. The van der Waals surface area contributed by atoms with E-state index < -0.39 is 17.9 Å². The molecule has 0 fully saturated rings. The molecule has 2 unspecified atom stereocenters. The summed E-state index contributed by atoms with van der Waals surface area (Å²) in [6.45, 7) is 0. The Labute approximate surface area is 118 Å². The van der Waals surface area contributed by atoms with Crippen LogP contribution in [0.4, 0.5) is 4.39 Å². The quantitative estimate of drug-likeness (QED) is 0.582. The van der Waals surface area contributed by atoms with Gasteiger partial charge in [0, 0.05) is 0 Å². The molecular weight excluding hydrogens is 311 g/mol. The summed E-state index contributed by atoms with van der Waals surface area (Å²) in [6.07, 6.45) is -0.397. The van der Waals surface area contributed by atoms with Crippen molar-refractivity contribution in [2.75, 3.05) is 0 Å². The standard InChI is InChI=1S/C15H10BrFO2/c16-13-11-7-6-10(17)8-12(11)15(18)19-14(13)9-4-2-1-3-5-9/h1-8,13-14H. The van der Waals surface area contributed by atoms with Crippen LogP contribution in [0.1, 0.15) is 32.4 Å². The molecule has 1 aliphatic heterocycles. The van der Waals surface area contributed by atoms with Gasteiger partial charge in [0.15, 0.2) is 0 Å².